The highest BCUT2D eigenvalue weighted by atomic mass is 16.1. The predicted molar refractivity (Wildman–Crippen MR) is 83.9 cm³/mol. The zero-order valence-corrected chi connectivity index (χ0v) is 12.5. The number of nitrogens with one attached hydrogen (secondary N) is 2. The first-order chi connectivity index (χ1) is 10.8. The molecule has 0 radical (unpaired) electrons. The van der Waals surface area contributed by atoms with E-state index in [0.29, 0.717) is 18.0 Å². The largest absolute Gasteiger partial charge is 0.352 e. The molecule has 22 heavy (non-hydrogen) atoms. The van der Waals surface area contributed by atoms with Crippen LogP contribution in [0.3, 0.4) is 0 Å². The molecule has 3 rings (SSSR count). The molecule has 2 N–H and O–H groups in total. The van der Waals surface area contributed by atoms with Crippen molar-refractivity contribution in [2.75, 3.05) is 19.6 Å². The third-order valence-corrected chi connectivity index (χ3v) is 4.02. The summed E-state index contributed by atoms with van der Waals surface area (Å²) in [5.41, 5.74) is 0.589. The summed E-state index contributed by atoms with van der Waals surface area (Å²) in [5, 5.41) is 6.37. The smallest absolute Gasteiger partial charge is 0.252 e. The van der Waals surface area contributed by atoms with Gasteiger partial charge in [0.2, 0.25) is 0 Å². The zero-order chi connectivity index (χ0) is 15.2. The lowest BCUT2D eigenvalue weighted by Gasteiger charge is -2.22. The van der Waals surface area contributed by atoms with Gasteiger partial charge in [-0.2, -0.15) is 0 Å². The monoisotopic (exact) mass is 299 g/mol. The molecule has 6 heteroatoms. The fourth-order valence-electron chi connectivity index (χ4n) is 2.73. The third-order valence-electron chi connectivity index (χ3n) is 4.02. The Kier molecular flexibility index (Phi) is 4.80. The maximum Gasteiger partial charge on any atom is 0.252 e. The molecule has 116 valence electrons. The molecule has 0 aliphatic carbocycles. The zero-order valence-electron chi connectivity index (χ0n) is 12.5. The highest BCUT2D eigenvalue weighted by molar-refractivity contribution is 5.93. The number of carbonyl (C=O) groups is 1. The number of aromatic nitrogens is 3. The summed E-state index contributed by atoms with van der Waals surface area (Å²) in [6, 6.07) is 3.61. The molecule has 1 fully saturated rings. The van der Waals surface area contributed by atoms with E-state index in [2.05, 4.69) is 20.6 Å². The summed E-state index contributed by atoms with van der Waals surface area (Å²) in [4.78, 5) is 20.4. The van der Waals surface area contributed by atoms with Crippen molar-refractivity contribution >= 4 is 5.91 Å². The molecule has 1 aliphatic rings. The average Bonchev–Trinajstić information content (AvgIpc) is 3.10. The fraction of sp³-hybridized carbons (Fsp3) is 0.438. The normalized spacial score (nSPS) is 18.1. The van der Waals surface area contributed by atoms with Crippen LogP contribution in [0.2, 0.25) is 0 Å². The van der Waals surface area contributed by atoms with Crippen molar-refractivity contribution in [3.63, 3.8) is 0 Å². The number of amides is 1. The number of nitrogens with zero attached hydrogens (tertiary/aromatic N) is 3. The van der Waals surface area contributed by atoms with Crippen LogP contribution in [0, 0.1) is 5.92 Å². The second-order valence-electron chi connectivity index (χ2n) is 5.63. The van der Waals surface area contributed by atoms with Gasteiger partial charge in [0, 0.05) is 25.1 Å². The van der Waals surface area contributed by atoms with Gasteiger partial charge in [-0.05, 0) is 50.4 Å². The van der Waals surface area contributed by atoms with Crippen LogP contribution in [0.4, 0.5) is 0 Å². The van der Waals surface area contributed by atoms with Crippen LogP contribution in [0.1, 0.15) is 29.6 Å². The van der Waals surface area contributed by atoms with Crippen molar-refractivity contribution in [2.24, 2.45) is 5.92 Å². The first kappa shape index (κ1) is 14.7. The minimum atomic E-state index is -0.0616. The molecule has 1 atom stereocenters. The average molecular weight is 299 g/mol. The van der Waals surface area contributed by atoms with Crippen LogP contribution < -0.4 is 10.6 Å². The topological polar surface area (TPSA) is 71.8 Å². The molecule has 1 aliphatic heterocycles. The molecule has 0 bridgehead atoms. The summed E-state index contributed by atoms with van der Waals surface area (Å²) < 4.78 is 1.80. The van der Waals surface area contributed by atoms with Crippen LogP contribution in [0.5, 0.6) is 0 Å². The molecule has 1 unspecified atom stereocenters. The minimum absolute atomic E-state index is 0.0616. The number of hydrogen-bond acceptors (Lipinski definition) is 4. The van der Waals surface area contributed by atoms with Gasteiger partial charge in [-0.25, -0.2) is 9.97 Å². The SMILES string of the molecule is O=C(NCCC1CCCNC1)c1ccc(-n2ccnc2)nc1. The maximum absolute atomic E-state index is 12.1. The molecule has 6 nitrogen and oxygen atoms in total. The van der Waals surface area contributed by atoms with E-state index in [1.807, 2.05) is 12.3 Å². The Morgan fingerprint density at radius 1 is 1.45 bits per heavy atom. The second kappa shape index (κ2) is 7.17. The van der Waals surface area contributed by atoms with Gasteiger partial charge in [0.1, 0.15) is 12.1 Å². The third kappa shape index (κ3) is 3.71. The Bertz CT molecular complexity index is 588. The summed E-state index contributed by atoms with van der Waals surface area (Å²) in [6.45, 7) is 2.91. The number of rotatable bonds is 5. The molecule has 0 saturated carbocycles. The van der Waals surface area contributed by atoms with E-state index in [4.69, 9.17) is 0 Å². The van der Waals surface area contributed by atoms with Crippen molar-refractivity contribution in [1.82, 2.24) is 25.2 Å². The number of hydrogen-bond donors (Lipinski definition) is 2. The molecule has 0 spiro atoms. The maximum atomic E-state index is 12.1. The van der Waals surface area contributed by atoms with E-state index in [1.54, 1.807) is 29.4 Å². The van der Waals surface area contributed by atoms with Gasteiger partial charge in [-0.1, -0.05) is 0 Å². The van der Waals surface area contributed by atoms with Gasteiger partial charge in [0.05, 0.1) is 5.56 Å². The Labute approximate surface area is 130 Å². The number of pyridine rings is 1. The van der Waals surface area contributed by atoms with Gasteiger partial charge in [0.15, 0.2) is 0 Å². The lowest BCUT2D eigenvalue weighted by atomic mass is 9.96. The van der Waals surface area contributed by atoms with E-state index in [-0.39, 0.29) is 5.91 Å². The highest BCUT2D eigenvalue weighted by Gasteiger charge is 2.13. The summed E-state index contributed by atoms with van der Waals surface area (Å²) in [7, 11) is 0. The lowest BCUT2D eigenvalue weighted by molar-refractivity contribution is 0.0950. The van der Waals surface area contributed by atoms with Crippen molar-refractivity contribution in [3.05, 3.63) is 42.6 Å². The lowest BCUT2D eigenvalue weighted by Crippen LogP contribution is -2.33. The number of imidazole rings is 1. The summed E-state index contributed by atoms with van der Waals surface area (Å²) in [6.07, 6.45) is 10.3. The number of piperidine rings is 1. The Morgan fingerprint density at radius 3 is 3.09 bits per heavy atom. The predicted octanol–water partition coefficient (Wildman–Crippen LogP) is 1.39. The molecule has 3 heterocycles. The van der Waals surface area contributed by atoms with Gasteiger partial charge in [-0.15, -0.1) is 0 Å². The van der Waals surface area contributed by atoms with Gasteiger partial charge in [-0.3, -0.25) is 9.36 Å². The van der Waals surface area contributed by atoms with Crippen molar-refractivity contribution in [3.8, 4) is 5.82 Å². The number of carbonyl (C=O) groups excluding carboxylic acids is 1. The quantitative estimate of drug-likeness (QED) is 0.875. The molecular formula is C16H21N5O. The van der Waals surface area contributed by atoms with Crippen LogP contribution in [-0.2, 0) is 0 Å². The fourth-order valence-corrected chi connectivity index (χ4v) is 2.73. The van der Waals surface area contributed by atoms with E-state index < -0.39 is 0 Å². The molecule has 1 saturated heterocycles. The highest BCUT2D eigenvalue weighted by Crippen LogP contribution is 2.13. The second-order valence-corrected chi connectivity index (χ2v) is 5.63. The first-order valence-electron chi connectivity index (χ1n) is 7.76. The van der Waals surface area contributed by atoms with Crippen molar-refractivity contribution < 1.29 is 4.79 Å². The molecule has 2 aromatic rings. The van der Waals surface area contributed by atoms with Crippen LogP contribution in [0.15, 0.2) is 37.1 Å². The first-order valence-corrected chi connectivity index (χ1v) is 7.76. The van der Waals surface area contributed by atoms with E-state index in [9.17, 15) is 4.79 Å². The Morgan fingerprint density at radius 2 is 2.41 bits per heavy atom. The minimum Gasteiger partial charge on any atom is -0.352 e. The molecular weight excluding hydrogens is 278 g/mol. The van der Waals surface area contributed by atoms with Crippen LogP contribution >= 0.6 is 0 Å². The molecule has 1 amide bonds. The van der Waals surface area contributed by atoms with Crippen molar-refractivity contribution in [2.45, 2.75) is 19.3 Å². The van der Waals surface area contributed by atoms with E-state index in [0.717, 1.165) is 25.3 Å². The Balaban J connectivity index is 1.49. The van der Waals surface area contributed by atoms with Crippen molar-refractivity contribution in [1.29, 1.82) is 0 Å². The van der Waals surface area contributed by atoms with Crippen LogP contribution in [0.25, 0.3) is 5.82 Å². The standard InChI is InChI=1S/C16H21N5O/c22-16(19-7-5-13-2-1-6-17-10-13)14-3-4-15(20-11-14)21-9-8-18-12-21/h3-4,8-9,11-13,17H,1-2,5-7,10H2,(H,19,22). The molecule has 2 aromatic heterocycles. The summed E-state index contributed by atoms with van der Waals surface area (Å²) in [5.74, 6) is 1.37. The van der Waals surface area contributed by atoms with Gasteiger partial charge < -0.3 is 10.6 Å². The summed E-state index contributed by atoms with van der Waals surface area (Å²) >= 11 is 0. The van der Waals surface area contributed by atoms with Crippen LogP contribution in [-0.4, -0.2) is 40.1 Å². The molecule has 0 aromatic carbocycles. The van der Waals surface area contributed by atoms with E-state index >= 15 is 0 Å². The van der Waals surface area contributed by atoms with E-state index in [1.165, 1.54) is 12.8 Å². The van der Waals surface area contributed by atoms with Gasteiger partial charge >= 0.3 is 0 Å². The Hall–Kier alpha value is -2.21. The van der Waals surface area contributed by atoms with Gasteiger partial charge in [0.25, 0.3) is 5.91 Å².